The number of anilines is 1. The second kappa shape index (κ2) is 8.11. The predicted molar refractivity (Wildman–Crippen MR) is 118 cm³/mol. The molecule has 1 fully saturated rings. The molecule has 150 valence electrons. The Morgan fingerprint density at radius 2 is 1.79 bits per heavy atom. The molecule has 29 heavy (non-hydrogen) atoms. The number of pyridine rings is 1. The second-order valence-electron chi connectivity index (χ2n) is 7.84. The van der Waals surface area contributed by atoms with Crippen LogP contribution >= 0.6 is 0 Å². The molecule has 1 amide bonds. The first-order chi connectivity index (χ1) is 14.0. The molecular formula is C24H27N3O2. The Bertz CT molecular complexity index is 1090. The van der Waals surface area contributed by atoms with E-state index in [0.717, 1.165) is 35.1 Å². The average Bonchev–Trinajstić information content (AvgIpc) is 3.27. The molecule has 1 aromatic heterocycles. The van der Waals surface area contributed by atoms with Gasteiger partial charge in [-0.25, -0.2) is 0 Å². The Morgan fingerprint density at radius 1 is 1.07 bits per heavy atom. The number of carbonyl (C=O) groups is 1. The van der Waals surface area contributed by atoms with E-state index in [1.165, 1.54) is 18.5 Å². The molecule has 0 spiro atoms. The predicted octanol–water partition coefficient (Wildman–Crippen LogP) is 3.72. The van der Waals surface area contributed by atoms with Gasteiger partial charge in [0, 0.05) is 36.4 Å². The quantitative estimate of drug-likeness (QED) is 0.699. The van der Waals surface area contributed by atoms with Crippen LogP contribution in [0.4, 0.5) is 5.69 Å². The third-order valence-electron chi connectivity index (χ3n) is 5.91. The highest BCUT2D eigenvalue weighted by molar-refractivity contribution is 5.94. The van der Waals surface area contributed by atoms with Crippen LogP contribution in [0.25, 0.3) is 10.9 Å². The molecule has 2 heterocycles. The van der Waals surface area contributed by atoms with Gasteiger partial charge in [-0.15, -0.1) is 0 Å². The van der Waals surface area contributed by atoms with Crippen molar-refractivity contribution < 1.29 is 4.79 Å². The van der Waals surface area contributed by atoms with Crippen LogP contribution in [0.3, 0.4) is 0 Å². The molecule has 5 nitrogen and oxygen atoms in total. The molecular weight excluding hydrogens is 362 g/mol. The van der Waals surface area contributed by atoms with Crippen molar-refractivity contribution in [2.24, 2.45) is 0 Å². The van der Waals surface area contributed by atoms with Crippen molar-refractivity contribution in [3.63, 3.8) is 0 Å². The third kappa shape index (κ3) is 4.04. The van der Waals surface area contributed by atoms with E-state index >= 15 is 0 Å². The molecule has 2 aromatic carbocycles. The van der Waals surface area contributed by atoms with E-state index in [-0.39, 0.29) is 11.5 Å². The summed E-state index contributed by atoms with van der Waals surface area (Å²) in [6.45, 7) is 6.65. The zero-order valence-corrected chi connectivity index (χ0v) is 17.0. The first kappa shape index (κ1) is 19.2. The fraction of sp³-hybridized carbons (Fsp3) is 0.333. The van der Waals surface area contributed by atoms with Crippen LogP contribution in [-0.2, 0) is 6.42 Å². The Morgan fingerprint density at radius 3 is 2.52 bits per heavy atom. The van der Waals surface area contributed by atoms with E-state index in [2.05, 4.69) is 21.3 Å². The number of rotatable bonds is 5. The van der Waals surface area contributed by atoms with Crippen molar-refractivity contribution in [2.75, 3.05) is 24.5 Å². The molecule has 0 atom stereocenters. The summed E-state index contributed by atoms with van der Waals surface area (Å²) in [5.41, 5.74) is 5.56. The van der Waals surface area contributed by atoms with E-state index in [1.807, 2.05) is 50.2 Å². The SMILES string of the molecule is Cc1ccc2cc(CCNC(=O)c3ccc(N4CCCC4)cc3)c(=O)[nH]c2c1C. The number of benzene rings is 2. The van der Waals surface area contributed by atoms with Crippen molar-refractivity contribution in [1.82, 2.24) is 10.3 Å². The number of carbonyl (C=O) groups excluding carboxylic acids is 1. The standard InChI is InChI=1S/C24H27N3O2/c1-16-5-6-19-15-20(24(29)26-22(19)17(16)2)11-12-25-23(28)18-7-9-21(10-8-18)27-13-3-4-14-27/h5-10,15H,3-4,11-14H2,1-2H3,(H,25,28)(H,26,29). The summed E-state index contributed by atoms with van der Waals surface area (Å²) >= 11 is 0. The Kier molecular flexibility index (Phi) is 5.38. The topological polar surface area (TPSA) is 65.2 Å². The van der Waals surface area contributed by atoms with Gasteiger partial charge in [-0.1, -0.05) is 12.1 Å². The van der Waals surface area contributed by atoms with E-state index in [9.17, 15) is 9.59 Å². The van der Waals surface area contributed by atoms with Gasteiger partial charge in [-0.05, 0) is 80.0 Å². The lowest BCUT2D eigenvalue weighted by Gasteiger charge is -2.17. The van der Waals surface area contributed by atoms with E-state index in [4.69, 9.17) is 0 Å². The van der Waals surface area contributed by atoms with Gasteiger partial charge in [-0.3, -0.25) is 9.59 Å². The summed E-state index contributed by atoms with van der Waals surface area (Å²) < 4.78 is 0. The Balaban J connectivity index is 1.39. The highest BCUT2D eigenvalue weighted by atomic mass is 16.1. The fourth-order valence-electron chi connectivity index (χ4n) is 3.97. The highest BCUT2D eigenvalue weighted by Crippen LogP contribution is 2.21. The number of aryl methyl sites for hydroxylation is 2. The number of H-pyrrole nitrogens is 1. The van der Waals surface area contributed by atoms with E-state index in [1.54, 1.807) is 0 Å². The van der Waals surface area contributed by atoms with Gasteiger partial charge in [0.15, 0.2) is 0 Å². The van der Waals surface area contributed by atoms with Crippen LogP contribution < -0.4 is 15.8 Å². The molecule has 2 N–H and O–H groups in total. The van der Waals surface area contributed by atoms with Crippen molar-refractivity contribution >= 4 is 22.5 Å². The van der Waals surface area contributed by atoms with Crippen molar-refractivity contribution in [2.45, 2.75) is 33.1 Å². The molecule has 3 aromatic rings. The maximum Gasteiger partial charge on any atom is 0.251 e. The lowest BCUT2D eigenvalue weighted by molar-refractivity contribution is 0.0954. The number of aromatic amines is 1. The first-order valence-electron chi connectivity index (χ1n) is 10.3. The summed E-state index contributed by atoms with van der Waals surface area (Å²) in [5.74, 6) is -0.110. The van der Waals surface area contributed by atoms with Crippen LogP contribution in [0.1, 0.15) is 39.9 Å². The summed E-state index contributed by atoms with van der Waals surface area (Å²) in [7, 11) is 0. The highest BCUT2D eigenvalue weighted by Gasteiger charge is 2.13. The lowest BCUT2D eigenvalue weighted by Crippen LogP contribution is -2.27. The number of aromatic nitrogens is 1. The normalized spacial score (nSPS) is 13.8. The largest absolute Gasteiger partial charge is 0.372 e. The molecule has 4 rings (SSSR count). The molecule has 0 saturated carbocycles. The van der Waals surface area contributed by atoms with Crippen LogP contribution in [0, 0.1) is 13.8 Å². The Hall–Kier alpha value is -3.08. The molecule has 1 saturated heterocycles. The molecule has 0 aliphatic carbocycles. The molecule has 5 heteroatoms. The zero-order chi connectivity index (χ0) is 20.4. The van der Waals surface area contributed by atoms with Crippen LogP contribution in [0.15, 0.2) is 47.3 Å². The molecule has 1 aliphatic heterocycles. The van der Waals surface area contributed by atoms with Gasteiger partial charge in [0.1, 0.15) is 0 Å². The fourth-order valence-corrected chi connectivity index (χ4v) is 3.97. The minimum Gasteiger partial charge on any atom is -0.372 e. The number of hydrogen-bond donors (Lipinski definition) is 2. The smallest absolute Gasteiger partial charge is 0.251 e. The van der Waals surface area contributed by atoms with Crippen molar-refractivity contribution in [3.8, 4) is 0 Å². The van der Waals surface area contributed by atoms with E-state index < -0.39 is 0 Å². The number of hydrogen-bond acceptors (Lipinski definition) is 3. The maximum atomic E-state index is 12.4. The Labute approximate surface area is 170 Å². The third-order valence-corrected chi connectivity index (χ3v) is 5.91. The summed E-state index contributed by atoms with van der Waals surface area (Å²) in [5, 5.41) is 3.95. The summed E-state index contributed by atoms with van der Waals surface area (Å²) in [6.07, 6.45) is 2.96. The second-order valence-corrected chi connectivity index (χ2v) is 7.84. The summed E-state index contributed by atoms with van der Waals surface area (Å²) in [4.78, 5) is 30.2. The monoisotopic (exact) mass is 389 g/mol. The molecule has 0 bridgehead atoms. The van der Waals surface area contributed by atoms with Gasteiger partial charge in [-0.2, -0.15) is 0 Å². The van der Waals surface area contributed by atoms with Crippen LogP contribution in [-0.4, -0.2) is 30.5 Å². The molecule has 0 unspecified atom stereocenters. The lowest BCUT2D eigenvalue weighted by atomic mass is 10.0. The minimum atomic E-state index is -0.110. The van der Waals surface area contributed by atoms with Crippen molar-refractivity contribution in [1.29, 1.82) is 0 Å². The van der Waals surface area contributed by atoms with Gasteiger partial charge in [0.2, 0.25) is 0 Å². The molecule has 1 aliphatic rings. The van der Waals surface area contributed by atoms with Crippen molar-refractivity contribution in [3.05, 3.63) is 75.1 Å². The van der Waals surface area contributed by atoms with E-state index in [0.29, 0.717) is 24.1 Å². The van der Waals surface area contributed by atoms with Gasteiger partial charge in [0.05, 0.1) is 5.52 Å². The van der Waals surface area contributed by atoms with Crippen LogP contribution in [0.5, 0.6) is 0 Å². The number of nitrogens with one attached hydrogen (secondary N) is 2. The first-order valence-corrected chi connectivity index (χ1v) is 10.3. The number of amides is 1. The maximum absolute atomic E-state index is 12.4. The number of fused-ring (bicyclic) bond motifs is 1. The average molecular weight is 389 g/mol. The van der Waals surface area contributed by atoms with Gasteiger partial charge in [0.25, 0.3) is 11.5 Å². The summed E-state index contributed by atoms with van der Waals surface area (Å²) in [6, 6.07) is 13.8. The zero-order valence-electron chi connectivity index (χ0n) is 17.0. The van der Waals surface area contributed by atoms with Gasteiger partial charge >= 0.3 is 0 Å². The minimum absolute atomic E-state index is 0.0876. The molecule has 0 radical (unpaired) electrons. The van der Waals surface area contributed by atoms with Crippen LogP contribution in [0.2, 0.25) is 0 Å². The number of nitrogens with zero attached hydrogens (tertiary/aromatic N) is 1. The van der Waals surface area contributed by atoms with Gasteiger partial charge < -0.3 is 15.2 Å².